The second-order valence-electron chi connectivity index (χ2n) is 37.8. The highest BCUT2D eigenvalue weighted by atomic mass is 16.7. The summed E-state index contributed by atoms with van der Waals surface area (Å²) in [6.07, 6.45) is 16.4. The van der Waals surface area contributed by atoms with Crippen LogP contribution in [0.4, 0.5) is 0 Å². The molecule has 0 aromatic heterocycles. The van der Waals surface area contributed by atoms with E-state index in [0.717, 1.165) is 149 Å². The molecule has 12 heterocycles. The molecule has 1 saturated carbocycles. The molecule has 6 aromatic rings. The van der Waals surface area contributed by atoms with Gasteiger partial charge in [-0.1, -0.05) is 138 Å². The van der Waals surface area contributed by atoms with Gasteiger partial charge in [0.1, 0.15) is 74.1 Å². The summed E-state index contributed by atoms with van der Waals surface area (Å²) in [7, 11) is -1.72. The summed E-state index contributed by atoms with van der Waals surface area (Å²) in [4.78, 5) is 0. The molecule has 13 aliphatic rings. The first-order valence-electron chi connectivity index (χ1n) is 44.6. The SMILES string of the molecule is C=Cc1ccc2c3c1[C@@H](CC)OB3OC(C)(C)CO2.CCCc1ccc2c3c1[C@@H](CC)OB3OC(C)(C)CO2.CCCc1ccc2c3c1[C@@H](CC)OB3OC(C)(C)CO2.CC[C@H]1OB2OC(C)(C)COc3ccc(C(C)C)c1c32.CC[C@H]1OB2OC(C)(C)COc3ccc(C4CC4)c1c32.CCc1ccc2c3c1[C@@H](CC)OB3OC(C)(C)CO2. The molecular formula is C94H130B6O18. The molecule has 0 amide bonds. The van der Waals surface area contributed by atoms with Gasteiger partial charge in [0.25, 0.3) is 0 Å². The number of hydrogen-bond acceptors (Lipinski definition) is 18. The highest BCUT2D eigenvalue weighted by Crippen LogP contribution is 2.49. The summed E-state index contributed by atoms with van der Waals surface area (Å²) in [5, 5.41) is 0. The summed E-state index contributed by atoms with van der Waals surface area (Å²) >= 11 is 0. The van der Waals surface area contributed by atoms with E-state index in [4.69, 9.17) is 84.3 Å². The van der Waals surface area contributed by atoms with Crippen LogP contribution in [-0.4, -0.2) is 116 Å². The van der Waals surface area contributed by atoms with Gasteiger partial charge in [0.05, 0.1) is 70.2 Å². The molecule has 0 radical (unpaired) electrons. The lowest BCUT2D eigenvalue weighted by Gasteiger charge is -2.25. The van der Waals surface area contributed by atoms with Crippen LogP contribution in [0.5, 0.6) is 34.5 Å². The van der Waals surface area contributed by atoms with Gasteiger partial charge >= 0.3 is 42.7 Å². The average molecular weight is 1610 g/mol. The molecule has 18 nitrogen and oxygen atoms in total. The quantitative estimate of drug-likeness (QED) is 0.0944. The van der Waals surface area contributed by atoms with Crippen LogP contribution in [0, 0.1) is 0 Å². The Morgan fingerprint density at radius 3 is 0.898 bits per heavy atom. The number of aryl methyl sites for hydroxylation is 3. The lowest BCUT2D eigenvalue weighted by atomic mass is 9.74. The molecule has 632 valence electrons. The molecule has 1 aliphatic carbocycles. The maximum Gasteiger partial charge on any atom is 0.499 e. The highest BCUT2D eigenvalue weighted by Gasteiger charge is 2.53. The van der Waals surface area contributed by atoms with Gasteiger partial charge in [-0.05, 0) is 269 Å². The second kappa shape index (κ2) is 35.5. The first kappa shape index (κ1) is 88.1. The average Bonchev–Trinajstić information content (AvgIpc) is 1.59. The first-order chi connectivity index (χ1) is 56.2. The van der Waals surface area contributed by atoms with Crippen molar-refractivity contribution in [3.05, 3.63) is 146 Å². The predicted octanol–water partition coefficient (Wildman–Crippen LogP) is 17.4. The Balaban J connectivity index is 0.000000116. The lowest BCUT2D eigenvalue weighted by Crippen LogP contribution is -2.40. The van der Waals surface area contributed by atoms with Gasteiger partial charge in [0.15, 0.2) is 0 Å². The summed E-state index contributed by atoms with van der Waals surface area (Å²) in [5.74, 6) is 6.77. The predicted molar refractivity (Wildman–Crippen MR) is 473 cm³/mol. The van der Waals surface area contributed by atoms with Gasteiger partial charge in [-0.25, -0.2) is 0 Å². The Morgan fingerprint density at radius 2 is 0.593 bits per heavy atom. The Hall–Kier alpha value is -6.23. The van der Waals surface area contributed by atoms with Crippen molar-refractivity contribution in [2.24, 2.45) is 0 Å². The van der Waals surface area contributed by atoms with Gasteiger partial charge < -0.3 is 84.3 Å². The van der Waals surface area contributed by atoms with E-state index in [0.29, 0.717) is 45.6 Å². The van der Waals surface area contributed by atoms with Crippen LogP contribution in [0.3, 0.4) is 0 Å². The van der Waals surface area contributed by atoms with Crippen LogP contribution < -0.4 is 61.2 Å². The van der Waals surface area contributed by atoms with Crippen molar-refractivity contribution >= 4 is 81.6 Å². The lowest BCUT2D eigenvalue weighted by molar-refractivity contribution is 0.0263. The molecule has 24 heteroatoms. The smallest absolute Gasteiger partial charge is 0.491 e. The Kier molecular flexibility index (Phi) is 26.5. The molecule has 0 unspecified atom stereocenters. The van der Waals surface area contributed by atoms with Gasteiger partial charge in [0.2, 0.25) is 0 Å². The van der Waals surface area contributed by atoms with Crippen molar-refractivity contribution in [2.75, 3.05) is 39.6 Å². The summed E-state index contributed by atoms with van der Waals surface area (Å²) in [5.41, 5.74) is 20.5. The summed E-state index contributed by atoms with van der Waals surface area (Å²) in [6, 6.07) is 25.5. The monoisotopic (exact) mass is 1610 g/mol. The molecule has 6 atom stereocenters. The standard InChI is InChI=1S/C16H21BO3.3C16H23BO3.C15H21BO3.C15H19BO3/c1-4-12-14-11(10-5-6-10)7-8-13-15(14)17(19-12)20-16(2,3)9-18-13;1-6-12-14-11(10(2)3)7-8-13-15(14)17(19-12)20-16(4,5)9-18-13;2*1-5-7-11-8-9-13-15-14(11)12(6-2)19-17(15)20-16(3,4)10-18-13;2*1-5-10-7-8-12-14-13(10)11(6-2)18-16(14)19-15(3,4)9-17-12/h7-8,10,12H,4-6,9H2,1-3H3;7-8,10,12H,6,9H2,1-5H3;2*8-9,12H,5-7,10H2,1-4H3;7-8,11H,5-6,9H2,1-4H3;5,7-8,11H,1,6,9H2,2-4H3/t4*12-;2*11-/m111111/s1. The van der Waals surface area contributed by atoms with Gasteiger partial charge in [-0.3, -0.25) is 0 Å². The maximum atomic E-state index is 6.19. The zero-order chi connectivity index (χ0) is 84.3. The van der Waals surface area contributed by atoms with Crippen molar-refractivity contribution < 1.29 is 84.3 Å². The zero-order valence-corrected chi connectivity index (χ0v) is 75.1. The fraction of sp³-hybridized carbons (Fsp3) is 0.596. The first-order valence-corrected chi connectivity index (χ1v) is 44.6. The van der Waals surface area contributed by atoms with E-state index in [2.05, 4.69) is 157 Å². The minimum Gasteiger partial charge on any atom is -0.491 e. The van der Waals surface area contributed by atoms with Crippen molar-refractivity contribution in [3.63, 3.8) is 0 Å². The largest absolute Gasteiger partial charge is 0.499 e. The van der Waals surface area contributed by atoms with E-state index in [1.165, 1.54) is 74.0 Å². The fourth-order valence-corrected chi connectivity index (χ4v) is 18.5. The third-order valence-electron chi connectivity index (χ3n) is 24.4. The van der Waals surface area contributed by atoms with Crippen LogP contribution in [0.25, 0.3) is 6.08 Å². The van der Waals surface area contributed by atoms with E-state index < -0.39 is 0 Å². The normalized spacial score (nSPS) is 24.0. The van der Waals surface area contributed by atoms with Crippen molar-refractivity contribution in [1.29, 1.82) is 0 Å². The second-order valence-corrected chi connectivity index (χ2v) is 37.8. The fourth-order valence-electron chi connectivity index (χ4n) is 18.5. The minimum absolute atomic E-state index is 0.0606. The Morgan fingerprint density at radius 1 is 0.331 bits per heavy atom. The zero-order valence-electron chi connectivity index (χ0n) is 75.1. The molecule has 0 spiro atoms. The third kappa shape index (κ3) is 18.2. The van der Waals surface area contributed by atoms with Crippen molar-refractivity contribution in [1.82, 2.24) is 0 Å². The van der Waals surface area contributed by atoms with Crippen molar-refractivity contribution in [3.8, 4) is 34.5 Å². The molecule has 1 fully saturated rings. The minimum atomic E-state index is -0.349. The van der Waals surface area contributed by atoms with Crippen LogP contribution in [-0.2, 0) is 75.1 Å². The number of rotatable bonds is 14. The molecule has 12 aliphatic heterocycles. The maximum absolute atomic E-state index is 6.19. The van der Waals surface area contributed by atoms with Crippen LogP contribution in [0.15, 0.2) is 79.4 Å². The van der Waals surface area contributed by atoms with E-state index in [1.54, 1.807) is 0 Å². The number of ether oxygens (including phenoxy) is 6. The van der Waals surface area contributed by atoms with Gasteiger partial charge in [-0.15, -0.1) is 0 Å². The molecular weight excluding hydrogens is 1480 g/mol. The number of benzene rings is 6. The Labute approximate surface area is 707 Å². The highest BCUT2D eigenvalue weighted by molar-refractivity contribution is 6.67. The van der Waals surface area contributed by atoms with Gasteiger partial charge in [-0.2, -0.15) is 0 Å². The van der Waals surface area contributed by atoms with Gasteiger partial charge in [0, 0.05) is 32.8 Å². The number of hydrogen-bond donors (Lipinski definition) is 0. The molecule has 0 N–H and O–H groups in total. The van der Waals surface area contributed by atoms with Crippen LogP contribution in [0.2, 0.25) is 0 Å². The summed E-state index contributed by atoms with van der Waals surface area (Å²) < 4.78 is 109. The molecule has 6 aromatic carbocycles. The van der Waals surface area contributed by atoms with Crippen LogP contribution in [0.1, 0.15) is 339 Å². The third-order valence-corrected chi connectivity index (χ3v) is 24.4. The van der Waals surface area contributed by atoms with E-state index >= 15 is 0 Å². The van der Waals surface area contributed by atoms with Crippen LogP contribution >= 0.6 is 0 Å². The Bertz CT molecular complexity index is 4410. The topological polar surface area (TPSA) is 166 Å². The van der Waals surface area contributed by atoms with E-state index in [9.17, 15) is 0 Å². The van der Waals surface area contributed by atoms with Crippen molar-refractivity contribution in [2.45, 2.75) is 325 Å². The molecule has 19 rings (SSSR count). The molecule has 0 saturated heterocycles. The molecule has 0 bridgehead atoms. The molecule has 118 heavy (non-hydrogen) atoms. The van der Waals surface area contributed by atoms with E-state index in [-0.39, 0.29) is 113 Å². The van der Waals surface area contributed by atoms with E-state index in [1.807, 2.05) is 87.4 Å². The summed E-state index contributed by atoms with van der Waals surface area (Å²) in [6.45, 7) is 55.7.